The van der Waals surface area contributed by atoms with E-state index in [4.69, 9.17) is 0 Å². The van der Waals surface area contributed by atoms with Gasteiger partial charge in [0.1, 0.15) is 11.0 Å². The molecule has 104 valence electrons. The number of hydrogen-bond acceptors (Lipinski definition) is 4. The van der Waals surface area contributed by atoms with Gasteiger partial charge >= 0.3 is 0 Å². The Morgan fingerprint density at radius 2 is 2.05 bits per heavy atom. The summed E-state index contributed by atoms with van der Waals surface area (Å²) in [5.74, 6) is 0.562. The summed E-state index contributed by atoms with van der Waals surface area (Å²) in [5.41, 5.74) is 1.27. The van der Waals surface area contributed by atoms with Gasteiger partial charge in [-0.3, -0.25) is 13.9 Å². The van der Waals surface area contributed by atoms with Crippen LogP contribution in [0, 0.1) is 0 Å². The SMILES string of the molecule is CCS(=O)N(C)c1cccc(C(=O)CSC(C)=O)c1. The minimum Gasteiger partial charge on any atom is -0.295 e. The van der Waals surface area contributed by atoms with E-state index in [0.29, 0.717) is 11.3 Å². The quantitative estimate of drug-likeness (QED) is 0.756. The first-order chi connectivity index (χ1) is 8.95. The van der Waals surface area contributed by atoms with Crippen LogP contribution < -0.4 is 4.31 Å². The average molecular weight is 299 g/mol. The normalized spacial score (nSPS) is 11.9. The number of benzene rings is 1. The summed E-state index contributed by atoms with van der Waals surface area (Å²) in [6.07, 6.45) is 0. The van der Waals surface area contributed by atoms with Crippen molar-refractivity contribution < 1.29 is 13.8 Å². The molecule has 19 heavy (non-hydrogen) atoms. The molecule has 0 spiro atoms. The molecular formula is C13H17NO3S2. The number of nitrogens with zero attached hydrogens (tertiary/aromatic N) is 1. The second-order valence-corrected chi connectivity index (χ2v) is 6.78. The van der Waals surface area contributed by atoms with Crippen LogP contribution in [0.15, 0.2) is 24.3 Å². The third-order valence-corrected chi connectivity index (χ3v) is 4.62. The first-order valence-electron chi connectivity index (χ1n) is 5.84. The second-order valence-electron chi connectivity index (χ2n) is 3.86. The zero-order chi connectivity index (χ0) is 14.4. The van der Waals surface area contributed by atoms with Gasteiger partial charge in [-0.2, -0.15) is 0 Å². The molecule has 0 heterocycles. The van der Waals surface area contributed by atoms with Crippen molar-refractivity contribution in [1.82, 2.24) is 0 Å². The highest BCUT2D eigenvalue weighted by molar-refractivity contribution is 8.14. The van der Waals surface area contributed by atoms with Gasteiger partial charge in [0.25, 0.3) is 0 Å². The van der Waals surface area contributed by atoms with Crippen molar-refractivity contribution in [3.63, 3.8) is 0 Å². The standard InChI is InChI=1S/C13H17NO3S2/c1-4-19(17)14(3)12-7-5-6-11(8-12)13(16)9-18-10(2)15/h5-8H,4,9H2,1-3H3. The molecule has 6 heteroatoms. The van der Waals surface area contributed by atoms with Crippen LogP contribution >= 0.6 is 11.8 Å². The van der Waals surface area contributed by atoms with Crippen LogP contribution in [-0.4, -0.2) is 33.7 Å². The molecule has 1 aromatic rings. The van der Waals surface area contributed by atoms with Gasteiger partial charge in [0.05, 0.1) is 5.75 Å². The van der Waals surface area contributed by atoms with Gasteiger partial charge in [-0.25, -0.2) is 4.21 Å². The lowest BCUT2D eigenvalue weighted by molar-refractivity contribution is -0.109. The molecule has 0 aliphatic rings. The molecule has 1 unspecified atom stereocenters. The smallest absolute Gasteiger partial charge is 0.186 e. The highest BCUT2D eigenvalue weighted by Crippen LogP contribution is 2.18. The van der Waals surface area contributed by atoms with Crippen LogP contribution in [0.2, 0.25) is 0 Å². The van der Waals surface area contributed by atoms with E-state index in [-0.39, 0.29) is 16.7 Å². The monoisotopic (exact) mass is 299 g/mol. The van der Waals surface area contributed by atoms with Gasteiger partial charge < -0.3 is 0 Å². The van der Waals surface area contributed by atoms with Crippen LogP contribution in [0.25, 0.3) is 0 Å². The van der Waals surface area contributed by atoms with Crippen LogP contribution in [0.5, 0.6) is 0 Å². The first kappa shape index (κ1) is 15.9. The van der Waals surface area contributed by atoms with Gasteiger partial charge in [-0.15, -0.1) is 0 Å². The van der Waals surface area contributed by atoms with Crippen LogP contribution in [-0.2, 0) is 15.8 Å². The van der Waals surface area contributed by atoms with Gasteiger partial charge in [0.15, 0.2) is 10.9 Å². The zero-order valence-electron chi connectivity index (χ0n) is 11.2. The number of rotatable bonds is 6. The van der Waals surface area contributed by atoms with Crippen molar-refractivity contribution in [3.8, 4) is 0 Å². The van der Waals surface area contributed by atoms with Crippen molar-refractivity contribution in [1.29, 1.82) is 0 Å². The Labute approximate surface area is 120 Å². The Bertz CT molecular complexity index is 502. The Hall–Kier alpha value is -1.14. The highest BCUT2D eigenvalue weighted by atomic mass is 32.2. The summed E-state index contributed by atoms with van der Waals surface area (Å²) in [7, 11) is 0.637. The summed E-state index contributed by atoms with van der Waals surface area (Å²) >= 11 is 0.997. The van der Waals surface area contributed by atoms with E-state index in [0.717, 1.165) is 17.4 Å². The number of Topliss-reactive ketones (excluding diaryl/α,β-unsaturated/α-hetero) is 1. The maximum Gasteiger partial charge on any atom is 0.186 e. The van der Waals surface area contributed by atoms with Gasteiger partial charge in [-0.05, 0) is 12.1 Å². The van der Waals surface area contributed by atoms with E-state index in [1.807, 2.05) is 13.0 Å². The molecule has 1 atom stereocenters. The van der Waals surface area contributed by atoms with Crippen molar-refractivity contribution >= 4 is 39.3 Å². The Balaban J connectivity index is 2.85. The molecule has 0 aliphatic carbocycles. The summed E-state index contributed by atoms with van der Waals surface area (Å²) in [5, 5.41) is -0.0753. The largest absolute Gasteiger partial charge is 0.295 e. The highest BCUT2D eigenvalue weighted by Gasteiger charge is 2.11. The van der Waals surface area contributed by atoms with E-state index in [1.54, 1.807) is 29.6 Å². The number of carbonyl (C=O) groups is 2. The predicted molar refractivity (Wildman–Crippen MR) is 81.0 cm³/mol. The van der Waals surface area contributed by atoms with E-state index in [2.05, 4.69) is 0 Å². The third-order valence-electron chi connectivity index (χ3n) is 2.49. The second kappa shape index (κ2) is 7.45. The molecule has 1 rings (SSSR count). The Morgan fingerprint density at radius 3 is 2.63 bits per heavy atom. The molecule has 0 radical (unpaired) electrons. The molecule has 4 nitrogen and oxygen atoms in total. The fourth-order valence-electron chi connectivity index (χ4n) is 1.44. The number of carbonyl (C=O) groups excluding carboxylic acids is 2. The van der Waals surface area contributed by atoms with Gasteiger partial charge in [0, 0.05) is 31.0 Å². The lowest BCUT2D eigenvalue weighted by Crippen LogP contribution is -2.21. The van der Waals surface area contributed by atoms with Crippen molar-refractivity contribution in [2.75, 3.05) is 22.9 Å². The Morgan fingerprint density at radius 1 is 1.37 bits per heavy atom. The van der Waals surface area contributed by atoms with Crippen molar-refractivity contribution in [2.24, 2.45) is 0 Å². The van der Waals surface area contributed by atoms with Crippen molar-refractivity contribution in [2.45, 2.75) is 13.8 Å². The number of hydrogen-bond donors (Lipinski definition) is 0. The molecule has 0 saturated heterocycles. The number of anilines is 1. The molecule has 1 aromatic carbocycles. The molecule has 0 bridgehead atoms. The lowest BCUT2D eigenvalue weighted by atomic mass is 10.1. The minimum atomic E-state index is -1.09. The number of thioether (sulfide) groups is 1. The zero-order valence-corrected chi connectivity index (χ0v) is 12.8. The molecule has 0 amide bonds. The van der Waals surface area contributed by atoms with Gasteiger partial charge in [0.2, 0.25) is 0 Å². The molecule has 0 N–H and O–H groups in total. The molecular weight excluding hydrogens is 282 g/mol. The maximum atomic E-state index is 11.9. The first-order valence-corrected chi connectivity index (χ1v) is 8.10. The van der Waals surface area contributed by atoms with Crippen LogP contribution in [0.3, 0.4) is 0 Å². The molecule has 0 aromatic heterocycles. The minimum absolute atomic E-state index is 0.0753. The van der Waals surface area contributed by atoms with E-state index in [9.17, 15) is 13.8 Å². The van der Waals surface area contributed by atoms with E-state index in [1.165, 1.54) is 6.92 Å². The molecule has 0 fully saturated rings. The van der Waals surface area contributed by atoms with Crippen LogP contribution in [0.1, 0.15) is 24.2 Å². The molecule has 0 aliphatic heterocycles. The van der Waals surface area contributed by atoms with E-state index >= 15 is 0 Å². The Kier molecular flexibility index (Phi) is 6.24. The van der Waals surface area contributed by atoms with Gasteiger partial charge in [-0.1, -0.05) is 30.8 Å². The summed E-state index contributed by atoms with van der Waals surface area (Å²) in [4.78, 5) is 22.7. The van der Waals surface area contributed by atoms with Crippen LogP contribution in [0.4, 0.5) is 5.69 Å². The topological polar surface area (TPSA) is 54.5 Å². The maximum absolute atomic E-state index is 11.9. The lowest BCUT2D eigenvalue weighted by Gasteiger charge is -2.17. The molecule has 0 saturated carbocycles. The van der Waals surface area contributed by atoms with E-state index < -0.39 is 11.0 Å². The fourth-order valence-corrected chi connectivity index (χ4v) is 2.67. The average Bonchev–Trinajstić information content (AvgIpc) is 2.43. The third kappa shape index (κ3) is 4.80. The van der Waals surface area contributed by atoms with Crippen molar-refractivity contribution in [3.05, 3.63) is 29.8 Å². The number of ketones is 1. The summed E-state index contributed by atoms with van der Waals surface area (Å²) in [6.45, 7) is 3.28. The predicted octanol–water partition coefficient (Wildman–Crippen LogP) is 2.27. The summed E-state index contributed by atoms with van der Waals surface area (Å²) < 4.78 is 13.3. The summed E-state index contributed by atoms with van der Waals surface area (Å²) in [6, 6.07) is 6.97. The fraction of sp³-hybridized carbons (Fsp3) is 0.385.